The largest absolute Gasteiger partial charge is 0.480 e. The average molecular weight is 154 g/mol. The fraction of sp³-hybridized carbons (Fsp3) is 0.500. The van der Waals surface area contributed by atoms with E-state index >= 15 is 0 Å². The fourth-order valence-corrected chi connectivity index (χ4v) is 0.541. The molecule has 0 spiro atoms. The van der Waals surface area contributed by atoms with Gasteiger partial charge in [-0.2, -0.15) is 0 Å². The van der Waals surface area contributed by atoms with E-state index in [4.69, 9.17) is 5.11 Å². The first kappa shape index (κ1) is 9.70. The predicted octanol–water partition coefficient (Wildman–Crippen LogP) is 0.690. The van der Waals surface area contributed by atoms with Gasteiger partial charge in [0.2, 0.25) is 0 Å². The molecule has 0 bridgehead atoms. The number of carboxylic acid groups (broad SMARTS) is 1. The van der Waals surface area contributed by atoms with Gasteiger partial charge in [0.1, 0.15) is 0 Å². The minimum atomic E-state index is -1.17. The summed E-state index contributed by atoms with van der Waals surface area (Å²) in [7, 11) is 0. The van der Waals surface area contributed by atoms with Gasteiger partial charge in [-0.15, -0.1) is 5.92 Å². The smallest absolute Gasteiger partial charge is 0.326 e. The van der Waals surface area contributed by atoms with E-state index in [1.807, 2.05) is 0 Å². The molecule has 0 aliphatic rings. The van der Waals surface area contributed by atoms with E-state index < -0.39 is 17.7 Å². The van der Waals surface area contributed by atoms with E-state index in [0.29, 0.717) is 6.42 Å². The van der Waals surface area contributed by atoms with Crippen LogP contribution in [0.3, 0.4) is 0 Å². The van der Waals surface area contributed by atoms with Crippen molar-refractivity contribution in [2.75, 3.05) is 0 Å². The van der Waals surface area contributed by atoms with Crippen molar-refractivity contribution in [3.05, 3.63) is 0 Å². The fourth-order valence-electron chi connectivity index (χ4n) is 0.541. The van der Waals surface area contributed by atoms with Gasteiger partial charge in [-0.3, -0.25) is 9.59 Å². The van der Waals surface area contributed by atoms with Gasteiger partial charge in [0.05, 0.1) is 0 Å². The number of carbonyl (C=O) groups excluding carboxylic acids is 1. The molecule has 60 valence electrons. The molecule has 0 saturated heterocycles. The molecule has 0 amide bonds. The van der Waals surface area contributed by atoms with Crippen LogP contribution in [0.2, 0.25) is 0 Å². The lowest BCUT2D eigenvalue weighted by atomic mass is 10.1. The molecule has 0 fully saturated rings. The number of aliphatic carboxylic acids is 1. The molecule has 0 saturated carbocycles. The molecule has 0 heterocycles. The van der Waals surface area contributed by atoms with Crippen LogP contribution in [0.15, 0.2) is 0 Å². The molecular formula is C8H10O3. The Morgan fingerprint density at radius 2 is 2.09 bits per heavy atom. The molecule has 0 aliphatic carbocycles. The van der Waals surface area contributed by atoms with Crippen molar-refractivity contribution in [1.82, 2.24) is 0 Å². The van der Waals surface area contributed by atoms with E-state index in [9.17, 15) is 9.59 Å². The molecule has 1 N–H and O–H groups in total. The van der Waals surface area contributed by atoms with Crippen molar-refractivity contribution in [2.45, 2.75) is 20.3 Å². The molecule has 0 aromatic carbocycles. The SMILES string of the molecule is CCC#CC(C(C)=O)C(=O)O. The van der Waals surface area contributed by atoms with Gasteiger partial charge < -0.3 is 5.11 Å². The summed E-state index contributed by atoms with van der Waals surface area (Å²) in [5, 5.41) is 8.45. The quantitative estimate of drug-likeness (QED) is 0.470. The lowest BCUT2D eigenvalue weighted by Gasteiger charge is -1.96. The number of rotatable bonds is 2. The van der Waals surface area contributed by atoms with Crippen LogP contribution in [0.1, 0.15) is 20.3 Å². The Morgan fingerprint density at radius 3 is 2.36 bits per heavy atom. The summed E-state index contributed by atoms with van der Waals surface area (Å²) in [5.74, 6) is 2.20. The van der Waals surface area contributed by atoms with Crippen molar-refractivity contribution in [3.8, 4) is 11.8 Å². The Balaban J connectivity index is 4.36. The molecule has 3 heteroatoms. The predicted molar refractivity (Wildman–Crippen MR) is 39.9 cm³/mol. The van der Waals surface area contributed by atoms with Crippen LogP contribution in [0.25, 0.3) is 0 Å². The number of carboxylic acids is 1. The second kappa shape index (κ2) is 4.51. The first-order valence-electron chi connectivity index (χ1n) is 3.31. The monoisotopic (exact) mass is 154 g/mol. The van der Waals surface area contributed by atoms with Gasteiger partial charge in [0, 0.05) is 6.42 Å². The third kappa shape index (κ3) is 3.41. The number of hydrogen-bond donors (Lipinski definition) is 1. The van der Waals surface area contributed by atoms with Crippen LogP contribution in [-0.2, 0) is 9.59 Å². The molecule has 0 aliphatic heterocycles. The minimum absolute atomic E-state index is 0.418. The van der Waals surface area contributed by atoms with Crippen LogP contribution >= 0.6 is 0 Å². The topological polar surface area (TPSA) is 54.4 Å². The van der Waals surface area contributed by atoms with Gasteiger partial charge in [-0.25, -0.2) is 0 Å². The maximum absolute atomic E-state index is 10.6. The van der Waals surface area contributed by atoms with E-state index in [1.165, 1.54) is 6.92 Å². The Morgan fingerprint density at radius 1 is 1.55 bits per heavy atom. The van der Waals surface area contributed by atoms with E-state index in [1.54, 1.807) is 6.92 Å². The molecular weight excluding hydrogens is 144 g/mol. The summed E-state index contributed by atoms with van der Waals surface area (Å²) in [6.07, 6.45) is 0.567. The number of carbonyl (C=O) groups is 2. The van der Waals surface area contributed by atoms with Crippen molar-refractivity contribution < 1.29 is 14.7 Å². The highest BCUT2D eigenvalue weighted by atomic mass is 16.4. The zero-order valence-electron chi connectivity index (χ0n) is 6.55. The Labute approximate surface area is 65.4 Å². The highest BCUT2D eigenvalue weighted by Crippen LogP contribution is 1.95. The molecule has 1 atom stereocenters. The average Bonchev–Trinajstić information content (AvgIpc) is 1.87. The molecule has 1 unspecified atom stereocenters. The summed E-state index contributed by atoms with van der Waals surface area (Å²) in [4.78, 5) is 20.9. The van der Waals surface area contributed by atoms with Crippen LogP contribution < -0.4 is 0 Å². The van der Waals surface area contributed by atoms with Gasteiger partial charge in [0.25, 0.3) is 0 Å². The Kier molecular flexibility index (Phi) is 3.97. The standard InChI is InChI=1S/C8H10O3/c1-3-4-5-7(6(2)9)8(10)11/h7H,3H2,1-2H3,(H,10,11). The number of ketones is 1. The van der Waals surface area contributed by atoms with Crippen LogP contribution in [-0.4, -0.2) is 16.9 Å². The second-order valence-electron chi connectivity index (χ2n) is 2.06. The first-order valence-corrected chi connectivity index (χ1v) is 3.31. The summed E-state index contributed by atoms with van der Waals surface area (Å²) in [6, 6.07) is 0. The second-order valence-corrected chi connectivity index (χ2v) is 2.06. The molecule has 11 heavy (non-hydrogen) atoms. The number of hydrogen-bond acceptors (Lipinski definition) is 2. The minimum Gasteiger partial charge on any atom is -0.480 e. The highest BCUT2D eigenvalue weighted by molar-refractivity contribution is 5.99. The van der Waals surface area contributed by atoms with Gasteiger partial charge in [-0.05, 0) is 6.92 Å². The van der Waals surface area contributed by atoms with Crippen molar-refractivity contribution in [2.24, 2.45) is 5.92 Å². The van der Waals surface area contributed by atoms with E-state index in [2.05, 4.69) is 11.8 Å². The zero-order valence-corrected chi connectivity index (χ0v) is 6.55. The maximum Gasteiger partial charge on any atom is 0.326 e. The van der Waals surface area contributed by atoms with Crippen LogP contribution in [0.4, 0.5) is 0 Å². The van der Waals surface area contributed by atoms with Gasteiger partial charge >= 0.3 is 5.97 Å². The third-order valence-corrected chi connectivity index (χ3v) is 1.08. The Bertz CT molecular complexity index is 205. The maximum atomic E-state index is 10.6. The zero-order chi connectivity index (χ0) is 8.85. The molecule has 0 aromatic heterocycles. The van der Waals surface area contributed by atoms with Gasteiger partial charge in [-0.1, -0.05) is 12.8 Å². The summed E-state index contributed by atoms with van der Waals surface area (Å²) in [5.41, 5.74) is 0. The lowest BCUT2D eigenvalue weighted by molar-refractivity contribution is -0.143. The van der Waals surface area contributed by atoms with E-state index in [-0.39, 0.29) is 0 Å². The lowest BCUT2D eigenvalue weighted by Crippen LogP contribution is -2.19. The summed E-state index contributed by atoms with van der Waals surface area (Å²) in [6.45, 7) is 3.02. The van der Waals surface area contributed by atoms with Crippen LogP contribution in [0.5, 0.6) is 0 Å². The normalized spacial score (nSPS) is 11.1. The molecule has 0 aromatic rings. The highest BCUT2D eigenvalue weighted by Gasteiger charge is 2.18. The molecule has 0 radical (unpaired) electrons. The van der Waals surface area contributed by atoms with Gasteiger partial charge in [0.15, 0.2) is 11.7 Å². The van der Waals surface area contributed by atoms with Crippen LogP contribution in [0, 0.1) is 17.8 Å². The molecule has 0 rings (SSSR count). The summed E-state index contributed by atoms with van der Waals surface area (Å²) >= 11 is 0. The van der Waals surface area contributed by atoms with E-state index in [0.717, 1.165) is 0 Å². The van der Waals surface area contributed by atoms with Crippen molar-refractivity contribution in [1.29, 1.82) is 0 Å². The molecule has 3 nitrogen and oxygen atoms in total. The summed E-state index contributed by atoms with van der Waals surface area (Å²) < 4.78 is 0. The Hall–Kier alpha value is -1.30. The van der Waals surface area contributed by atoms with Crippen molar-refractivity contribution >= 4 is 11.8 Å². The van der Waals surface area contributed by atoms with Crippen molar-refractivity contribution in [3.63, 3.8) is 0 Å². The first-order chi connectivity index (χ1) is 5.09. The third-order valence-electron chi connectivity index (χ3n) is 1.08. The number of Topliss-reactive ketones (excluding diaryl/α,β-unsaturated/α-hetero) is 1.